The molecule has 0 spiro atoms. The number of nitro benzene ring substituents is 1. The summed E-state index contributed by atoms with van der Waals surface area (Å²) in [7, 11) is 0. The van der Waals surface area contributed by atoms with Gasteiger partial charge in [0, 0.05) is 23.9 Å². The maximum atomic E-state index is 10.7. The molecule has 6 nitrogen and oxygen atoms in total. The predicted octanol–water partition coefficient (Wildman–Crippen LogP) is 3.42. The van der Waals surface area contributed by atoms with Gasteiger partial charge in [0.15, 0.2) is 0 Å². The number of nitro groups is 1. The van der Waals surface area contributed by atoms with Crippen molar-refractivity contribution in [1.29, 1.82) is 0 Å². The number of nitrogens with zero attached hydrogens (tertiary/aromatic N) is 4. The third-order valence-electron chi connectivity index (χ3n) is 2.33. The van der Waals surface area contributed by atoms with Gasteiger partial charge in [-0.05, 0) is 0 Å². The first kappa shape index (κ1) is 14.2. The number of hydrogen-bond acceptors (Lipinski definition) is 4. The fourth-order valence-corrected chi connectivity index (χ4v) is 2.55. The summed E-state index contributed by atoms with van der Waals surface area (Å²) in [4.78, 5) is 10.1. The predicted molar refractivity (Wildman–Crippen MR) is 75.5 cm³/mol. The van der Waals surface area contributed by atoms with Gasteiger partial charge in [0.25, 0.3) is 5.69 Å². The molecule has 0 amide bonds. The second-order valence-corrected chi connectivity index (χ2v) is 5.22. The average Bonchev–Trinajstić information content (AvgIpc) is 2.77. The highest BCUT2D eigenvalue weighted by molar-refractivity contribution is 9.09. The Bertz CT molecular complexity index is 609. The lowest BCUT2D eigenvalue weighted by Crippen LogP contribution is -1.99. The van der Waals surface area contributed by atoms with Gasteiger partial charge in [-0.2, -0.15) is 0 Å². The standard InChI is InChI=1S/C10H7BrCl2N4O2/c11-2-1-6-5-16(15-14-6)10-8(12)3-7(17(18)19)4-9(10)13/h3-5H,1-2H2. The second-order valence-electron chi connectivity index (χ2n) is 3.61. The van der Waals surface area contributed by atoms with Crippen molar-refractivity contribution in [2.24, 2.45) is 0 Å². The van der Waals surface area contributed by atoms with Crippen molar-refractivity contribution in [3.8, 4) is 5.69 Å². The average molecular weight is 366 g/mol. The van der Waals surface area contributed by atoms with Crippen LogP contribution in [0.25, 0.3) is 5.69 Å². The molecule has 0 fully saturated rings. The zero-order valence-electron chi connectivity index (χ0n) is 9.39. The summed E-state index contributed by atoms with van der Waals surface area (Å²) >= 11 is 15.3. The molecule has 1 heterocycles. The molecule has 0 radical (unpaired) electrons. The van der Waals surface area contributed by atoms with Crippen LogP contribution in [0.4, 0.5) is 5.69 Å². The van der Waals surface area contributed by atoms with Crippen molar-refractivity contribution in [3.05, 3.63) is 44.2 Å². The van der Waals surface area contributed by atoms with Crippen molar-refractivity contribution in [3.63, 3.8) is 0 Å². The molecular weight excluding hydrogens is 359 g/mol. The van der Waals surface area contributed by atoms with Crippen molar-refractivity contribution in [1.82, 2.24) is 15.0 Å². The van der Waals surface area contributed by atoms with E-state index in [0.717, 1.165) is 11.0 Å². The van der Waals surface area contributed by atoms with Gasteiger partial charge in [-0.25, -0.2) is 4.68 Å². The lowest BCUT2D eigenvalue weighted by Gasteiger charge is -2.05. The molecule has 0 bridgehead atoms. The Morgan fingerprint density at radius 2 is 2.00 bits per heavy atom. The molecule has 0 N–H and O–H groups in total. The molecule has 0 saturated carbocycles. The van der Waals surface area contributed by atoms with Crippen molar-refractivity contribution in [2.75, 3.05) is 5.33 Å². The van der Waals surface area contributed by atoms with Crippen molar-refractivity contribution < 1.29 is 4.92 Å². The number of aromatic nitrogens is 3. The first-order chi connectivity index (χ1) is 9.02. The van der Waals surface area contributed by atoms with Gasteiger partial charge in [-0.1, -0.05) is 44.3 Å². The molecule has 1 aromatic heterocycles. The Labute approximate surface area is 126 Å². The molecule has 0 saturated heterocycles. The fraction of sp³-hybridized carbons (Fsp3) is 0.200. The van der Waals surface area contributed by atoms with Gasteiger partial charge in [0.2, 0.25) is 0 Å². The van der Waals surface area contributed by atoms with E-state index in [0.29, 0.717) is 12.1 Å². The molecule has 2 aromatic rings. The Hall–Kier alpha value is -1.18. The lowest BCUT2D eigenvalue weighted by molar-refractivity contribution is -0.384. The Kier molecular flexibility index (Phi) is 4.38. The van der Waals surface area contributed by atoms with Crippen LogP contribution in [0.15, 0.2) is 18.3 Å². The normalized spacial score (nSPS) is 10.7. The van der Waals surface area contributed by atoms with Gasteiger partial charge < -0.3 is 0 Å². The molecule has 9 heteroatoms. The molecule has 0 aliphatic carbocycles. The summed E-state index contributed by atoms with van der Waals surface area (Å²) in [6.45, 7) is 0. The van der Waals surface area contributed by atoms with E-state index < -0.39 is 4.92 Å². The van der Waals surface area contributed by atoms with Crippen LogP contribution in [-0.2, 0) is 6.42 Å². The number of aryl methyl sites for hydroxylation is 1. The number of hydrogen-bond donors (Lipinski definition) is 0. The van der Waals surface area contributed by atoms with Crippen LogP contribution in [0.3, 0.4) is 0 Å². The van der Waals surface area contributed by atoms with E-state index in [1.165, 1.54) is 16.8 Å². The third kappa shape index (κ3) is 3.05. The highest BCUT2D eigenvalue weighted by atomic mass is 79.9. The SMILES string of the molecule is O=[N+]([O-])c1cc(Cl)c(-n2cc(CCBr)nn2)c(Cl)c1. The maximum Gasteiger partial charge on any atom is 0.272 e. The van der Waals surface area contributed by atoms with Crippen LogP contribution in [0.2, 0.25) is 10.0 Å². The van der Waals surface area contributed by atoms with E-state index in [1.807, 2.05) is 0 Å². The molecule has 0 unspecified atom stereocenters. The molecule has 2 rings (SSSR count). The second kappa shape index (κ2) is 5.85. The minimum absolute atomic E-state index is 0.148. The first-order valence-corrected chi connectivity index (χ1v) is 7.01. The lowest BCUT2D eigenvalue weighted by atomic mass is 10.3. The zero-order valence-corrected chi connectivity index (χ0v) is 12.5. The zero-order chi connectivity index (χ0) is 14.0. The summed E-state index contributed by atoms with van der Waals surface area (Å²) in [5, 5.41) is 19.6. The summed E-state index contributed by atoms with van der Waals surface area (Å²) in [6, 6.07) is 2.46. The quantitative estimate of drug-likeness (QED) is 0.472. The van der Waals surface area contributed by atoms with Crippen molar-refractivity contribution in [2.45, 2.75) is 6.42 Å². The number of halogens is 3. The molecule has 0 atom stereocenters. The van der Waals surface area contributed by atoms with E-state index in [1.54, 1.807) is 6.20 Å². The van der Waals surface area contributed by atoms with Crippen LogP contribution in [0.1, 0.15) is 5.69 Å². The summed E-state index contributed by atoms with van der Waals surface area (Å²) in [5.74, 6) is 0. The molecule has 0 aliphatic heterocycles. The van der Waals surface area contributed by atoms with Gasteiger partial charge in [0.1, 0.15) is 5.69 Å². The minimum Gasteiger partial charge on any atom is -0.258 e. The first-order valence-electron chi connectivity index (χ1n) is 5.14. The Morgan fingerprint density at radius 3 is 2.53 bits per heavy atom. The highest BCUT2D eigenvalue weighted by Crippen LogP contribution is 2.32. The minimum atomic E-state index is -0.556. The largest absolute Gasteiger partial charge is 0.272 e. The van der Waals surface area contributed by atoms with E-state index >= 15 is 0 Å². The van der Waals surface area contributed by atoms with Crippen LogP contribution < -0.4 is 0 Å². The van der Waals surface area contributed by atoms with Gasteiger partial charge in [-0.15, -0.1) is 5.10 Å². The van der Waals surface area contributed by atoms with Crippen molar-refractivity contribution >= 4 is 44.8 Å². The monoisotopic (exact) mass is 364 g/mol. The summed E-state index contributed by atoms with van der Waals surface area (Å²) in [6.07, 6.45) is 2.39. The van der Waals surface area contributed by atoms with E-state index in [9.17, 15) is 10.1 Å². The van der Waals surface area contributed by atoms with E-state index in [2.05, 4.69) is 26.2 Å². The van der Waals surface area contributed by atoms with E-state index in [-0.39, 0.29) is 15.7 Å². The van der Waals surface area contributed by atoms with E-state index in [4.69, 9.17) is 23.2 Å². The van der Waals surface area contributed by atoms with Crippen LogP contribution in [0.5, 0.6) is 0 Å². The molecule has 19 heavy (non-hydrogen) atoms. The van der Waals surface area contributed by atoms with Gasteiger partial charge in [-0.3, -0.25) is 10.1 Å². The highest BCUT2D eigenvalue weighted by Gasteiger charge is 2.17. The number of rotatable bonds is 4. The summed E-state index contributed by atoms with van der Waals surface area (Å²) < 4.78 is 1.41. The number of benzene rings is 1. The summed E-state index contributed by atoms with van der Waals surface area (Å²) in [5.41, 5.74) is 0.976. The van der Waals surface area contributed by atoms with Crippen LogP contribution in [0, 0.1) is 10.1 Å². The maximum absolute atomic E-state index is 10.7. The topological polar surface area (TPSA) is 73.8 Å². The Morgan fingerprint density at radius 1 is 1.37 bits per heavy atom. The van der Waals surface area contributed by atoms with Gasteiger partial charge >= 0.3 is 0 Å². The molecule has 1 aromatic carbocycles. The molecule has 0 aliphatic rings. The molecular formula is C10H7BrCl2N4O2. The Balaban J connectivity index is 2.46. The number of alkyl halides is 1. The number of non-ortho nitro benzene ring substituents is 1. The smallest absolute Gasteiger partial charge is 0.258 e. The fourth-order valence-electron chi connectivity index (χ4n) is 1.50. The van der Waals surface area contributed by atoms with Gasteiger partial charge in [0.05, 0.1) is 26.9 Å². The molecule has 100 valence electrons. The third-order valence-corrected chi connectivity index (χ3v) is 3.31. The van der Waals surface area contributed by atoms with Crippen LogP contribution >= 0.6 is 39.1 Å². The van der Waals surface area contributed by atoms with Crippen LogP contribution in [-0.4, -0.2) is 25.2 Å².